The van der Waals surface area contributed by atoms with E-state index in [1.807, 2.05) is 5.51 Å². The Morgan fingerprint density at radius 2 is 2.12 bits per heavy atom. The number of likely N-dealkylation sites (tertiary alicyclic amines) is 1. The summed E-state index contributed by atoms with van der Waals surface area (Å²) in [6.45, 7) is 5.28. The van der Waals surface area contributed by atoms with Gasteiger partial charge in [-0.15, -0.1) is 11.3 Å². The first kappa shape index (κ1) is 15.7. The van der Waals surface area contributed by atoms with E-state index in [1.165, 1.54) is 23.4 Å². The normalized spacial score (nSPS) is 22.4. The SMILES string of the molecule is Cc1ncsc1CN1CCC2(CCc3c2nc(C2CC2)[nH]c3=O)CC1. The summed E-state index contributed by atoms with van der Waals surface area (Å²) >= 11 is 1.76. The van der Waals surface area contributed by atoms with E-state index in [0.29, 0.717) is 5.92 Å². The lowest BCUT2D eigenvalue weighted by molar-refractivity contribution is 0.150. The summed E-state index contributed by atoms with van der Waals surface area (Å²) in [5.74, 6) is 1.46. The number of nitrogens with zero attached hydrogens (tertiary/aromatic N) is 3. The van der Waals surface area contributed by atoms with Crippen molar-refractivity contribution in [2.24, 2.45) is 0 Å². The van der Waals surface area contributed by atoms with Crippen LogP contribution >= 0.6 is 11.3 Å². The fraction of sp³-hybridized carbons (Fsp3) is 0.632. The predicted molar refractivity (Wildman–Crippen MR) is 98.2 cm³/mol. The Hall–Kier alpha value is -1.53. The lowest BCUT2D eigenvalue weighted by Crippen LogP contribution is -2.42. The van der Waals surface area contributed by atoms with Crippen LogP contribution in [0.4, 0.5) is 0 Å². The molecule has 1 saturated heterocycles. The molecule has 25 heavy (non-hydrogen) atoms. The number of aromatic amines is 1. The molecule has 5 rings (SSSR count). The lowest BCUT2D eigenvalue weighted by Gasteiger charge is -2.39. The average molecular weight is 356 g/mol. The summed E-state index contributed by atoms with van der Waals surface area (Å²) in [5, 5.41) is 0. The second kappa shape index (κ2) is 5.74. The van der Waals surface area contributed by atoms with Crippen molar-refractivity contribution in [2.75, 3.05) is 13.1 Å². The molecule has 5 nitrogen and oxygen atoms in total. The van der Waals surface area contributed by atoms with E-state index in [9.17, 15) is 4.79 Å². The quantitative estimate of drug-likeness (QED) is 0.919. The fourth-order valence-corrected chi connectivity index (χ4v) is 5.34. The second-order valence-electron chi connectivity index (χ2n) is 7.97. The van der Waals surface area contributed by atoms with E-state index in [-0.39, 0.29) is 11.0 Å². The fourth-order valence-electron chi connectivity index (χ4n) is 4.53. The maximum atomic E-state index is 12.5. The molecule has 2 aliphatic carbocycles. The molecule has 0 bridgehead atoms. The van der Waals surface area contributed by atoms with Gasteiger partial charge in [-0.3, -0.25) is 9.69 Å². The number of thiazole rings is 1. The van der Waals surface area contributed by atoms with Gasteiger partial charge in [-0.25, -0.2) is 9.97 Å². The zero-order valence-corrected chi connectivity index (χ0v) is 15.5. The minimum absolute atomic E-state index is 0.131. The number of rotatable bonds is 3. The summed E-state index contributed by atoms with van der Waals surface area (Å²) in [6, 6.07) is 0. The van der Waals surface area contributed by atoms with Crippen LogP contribution in [0, 0.1) is 6.92 Å². The Labute approximate surface area is 151 Å². The predicted octanol–water partition coefficient (Wildman–Crippen LogP) is 2.89. The van der Waals surface area contributed by atoms with Crippen molar-refractivity contribution in [3.63, 3.8) is 0 Å². The third kappa shape index (κ3) is 2.66. The smallest absolute Gasteiger partial charge is 0.254 e. The lowest BCUT2D eigenvalue weighted by atomic mass is 9.76. The number of nitrogens with one attached hydrogen (secondary N) is 1. The molecule has 1 N–H and O–H groups in total. The number of aromatic nitrogens is 3. The molecular formula is C19H24N4OS. The molecule has 1 spiro atoms. The van der Waals surface area contributed by atoms with Crippen molar-refractivity contribution in [1.29, 1.82) is 0 Å². The minimum Gasteiger partial charge on any atom is -0.310 e. The molecule has 6 heteroatoms. The van der Waals surface area contributed by atoms with E-state index in [1.54, 1.807) is 11.3 Å². The van der Waals surface area contributed by atoms with Crippen molar-refractivity contribution in [3.05, 3.63) is 43.5 Å². The Morgan fingerprint density at radius 3 is 2.80 bits per heavy atom. The molecule has 0 radical (unpaired) electrons. The van der Waals surface area contributed by atoms with Gasteiger partial charge in [0.1, 0.15) is 5.82 Å². The van der Waals surface area contributed by atoms with Crippen molar-refractivity contribution in [2.45, 2.75) is 63.3 Å². The number of piperidine rings is 1. The Kier molecular flexibility index (Phi) is 3.61. The highest BCUT2D eigenvalue weighted by molar-refractivity contribution is 7.09. The standard InChI is InChI=1S/C19H24N4OS/c1-12-15(25-11-20-12)10-23-8-6-19(7-9-23)5-4-14-16(19)21-17(13-2-3-13)22-18(14)24/h11,13H,2-10H2,1H3,(H,21,22,24). The summed E-state index contributed by atoms with van der Waals surface area (Å²) in [7, 11) is 0. The van der Waals surface area contributed by atoms with Crippen LogP contribution in [-0.4, -0.2) is 32.9 Å². The largest absolute Gasteiger partial charge is 0.310 e. The molecule has 0 aromatic carbocycles. The van der Waals surface area contributed by atoms with Gasteiger partial charge in [0.2, 0.25) is 0 Å². The van der Waals surface area contributed by atoms with Crippen LogP contribution in [0.15, 0.2) is 10.3 Å². The molecule has 2 fully saturated rings. The molecule has 2 aromatic rings. The average Bonchev–Trinajstić information content (AvgIpc) is 3.31. The molecule has 0 unspecified atom stereocenters. The maximum absolute atomic E-state index is 12.5. The van der Waals surface area contributed by atoms with Gasteiger partial charge in [-0.1, -0.05) is 0 Å². The summed E-state index contributed by atoms with van der Waals surface area (Å²) in [5.41, 5.74) is 5.50. The van der Waals surface area contributed by atoms with E-state index >= 15 is 0 Å². The zero-order chi connectivity index (χ0) is 17.0. The van der Waals surface area contributed by atoms with E-state index in [2.05, 4.69) is 21.8 Å². The van der Waals surface area contributed by atoms with Gasteiger partial charge >= 0.3 is 0 Å². The van der Waals surface area contributed by atoms with Gasteiger partial charge in [0, 0.05) is 28.3 Å². The summed E-state index contributed by atoms with van der Waals surface area (Å²) < 4.78 is 0. The molecule has 1 aliphatic heterocycles. The van der Waals surface area contributed by atoms with Crippen LogP contribution < -0.4 is 5.56 Å². The molecule has 0 atom stereocenters. The van der Waals surface area contributed by atoms with E-state index in [4.69, 9.17) is 4.98 Å². The molecule has 2 aromatic heterocycles. The van der Waals surface area contributed by atoms with Crippen LogP contribution in [0.2, 0.25) is 0 Å². The third-order valence-electron chi connectivity index (χ3n) is 6.38. The summed E-state index contributed by atoms with van der Waals surface area (Å²) in [4.78, 5) is 28.8. The maximum Gasteiger partial charge on any atom is 0.254 e. The monoisotopic (exact) mass is 356 g/mol. The number of H-pyrrole nitrogens is 1. The Bertz CT molecular complexity index is 859. The number of hydrogen-bond acceptors (Lipinski definition) is 5. The van der Waals surface area contributed by atoms with Crippen molar-refractivity contribution in [3.8, 4) is 0 Å². The van der Waals surface area contributed by atoms with Crippen LogP contribution in [-0.2, 0) is 18.4 Å². The van der Waals surface area contributed by atoms with Crippen molar-refractivity contribution in [1.82, 2.24) is 19.9 Å². The highest BCUT2D eigenvalue weighted by atomic mass is 32.1. The second-order valence-corrected chi connectivity index (χ2v) is 8.91. The van der Waals surface area contributed by atoms with Crippen LogP contribution in [0.25, 0.3) is 0 Å². The van der Waals surface area contributed by atoms with E-state index in [0.717, 1.165) is 62.4 Å². The van der Waals surface area contributed by atoms with Gasteiger partial charge in [0.15, 0.2) is 0 Å². The van der Waals surface area contributed by atoms with Gasteiger partial charge in [0.05, 0.1) is 16.9 Å². The molecular weight excluding hydrogens is 332 g/mol. The first-order valence-corrected chi connectivity index (χ1v) is 10.3. The first-order chi connectivity index (χ1) is 12.1. The first-order valence-electron chi connectivity index (χ1n) is 9.39. The number of hydrogen-bond donors (Lipinski definition) is 1. The van der Waals surface area contributed by atoms with Gasteiger partial charge in [-0.05, 0) is 58.5 Å². The molecule has 1 saturated carbocycles. The number of aryl methyl sites for hydroxylation is 1. The molecule has 3 aliphatic rings. The van der Waals surface area contributed by atoms with Crippen molar-refractivity contribution >= 4 is 11.3 Å². The Morgan fingerprint density at radius 1 is 1.32 bits per heavy atom. The highest BCUT2D eigenvalue weighted by Crippen LogP contribution is 2.46. The van der Waals surface area contributed by atoms with Crippen LogP contribution in [0.5, 0.6) is 0 Å². The molecule has 3 heterocycles. The van der Waals surface area contributed by atoms with Gasteiger partial charge < -0.3 is 4.98 Å². The topological polar surface area (TPSA) is 61.9 Å². The van der Waals surface area contributed by atoms with Gasteiger partial charge in [-0.2, -0.15) is 0 Å². The van der Waals surface area contributed by atoms with E-state index < -0.39 is 0 Å². The Balaban J connectivity index is 1.37. The van der Waals surface area contributed by atoms with Gasteiger partial charge in [0.25, 0.3) is 5.56 Å². The minimum atomic E-state index is 0.131. The zero-order valence-electron chi connectivity index (χ0n) is 14.7. The van der Waals surface area contributed by atoms with Crippen LogP contribution in [0.1, 0.15) is 65.7 Å². The molecule has 0 amide bonds. The number of fused-ring (bicyclic) bond motifs is 2. The van der Waals surface area contributed by atoms with Crippen molar-refractivity contribution < 1.29 is 0 Å². The highest BCUT2D eigenvalue weighted by Gasteiger charge is 2.44. The summed E-state index contributed by atoms with van der Waals surface area (Å²) in [6.07, 6.45) is 6.60. The molecule has 132 valence electrons. The van der Waals surface area contributed by atoms with Crippen LogP contribution in [0.3, 0.4) is 0 Å². The third-order valence-corrected chi connectivity index (χ3v) is 7.30.